The van der Waals surface area contributed by atoms with Crippen molar-refractivity contribution >= 4 is 16.0 Å². The maximum Gasteiger partial charge on any atom is 0.357 e. The summed E-state index contributed by atoms with van der Waals surface area (Å²) in [6, 6.07) is 12.3. The molecule has 2 aromatic heterocycles. The van der Waals surface area contributed by atoms with E-state index in [0.717, 1.165) is 36.8 Å². The molecule has 0 amide bonds. The highest BCUT2D eigenvalue weighted by atomic mass is 32.2. The lowest BCUT2D eigenvalue weighted by Crippen LogP contribution is -2.21. The number of aromatic amines is 1. The van der Waals surface area contributed by atoms with E-state index in [1.165, 1.54) is 6.07 Å². The average Bonchev–Trinajstić information content (AvgIpc) is 2.69. The van der Waals surface area contributed by atoms with Gasteiger partial charge in [-0.25, -0.2) is 5.10 Å². The fourth-order valence-electron chi connectivity index (χ4n) is 3.09. The molecule has 2 heterocycles. The van der Waals surface area contributed by atoms with E-state index in [9.17, 15) is 13.2 Å². The molecule has 0 fully saturated rings. The van der Waals surface area contributed by atoms with Crippen molar-refractivity contribution in [1.29, 1.82) is 0 Å². The summed E-state index contributed by atoms with van der Waals surface area (Å²) >= 11 is 0. The molecule has 0 aliphatic heterocycles. The van der Waals surface area contributed by atoms with Gasteiger partial charge in [0.05, 0.1) is 11.4 Å². The summed E-state index contributed by atoms with van der Waals surface area (Å²) in [4.78, 5) is 15.6. The van der Waals surface area contributed by atoms with E-state index in [2.05, 4.69) is 15.2 Å². The summed E-state index contributed by atoms with van der Waals surface area (Å²) in [5.74, 6) is 0. The molecule has 0 saturated carbocycles. The number of benzene rings is 1. The Bertz CT molecular complexity index is 1070. The van der Waals surface area contributed by atoms with E-state index in [1.54, 1.807) is 30.6 Å². The summed E-state index contributed by atoms with van der Waals surface area (Å²) in [5.41, 5.74) is 3.07. The number of fused-ring (bicyclic) bond motifs is 1. The van der Waals surface area contributed by atoms with Gasteiger partial charge in [0.15, 0.2) is 0 Å². The van der Waals surface area contributed by atoms with Crippen molar-refractivity contribution in [1.82, 2.24) is 15.2 Å². The predicted molar refractivity (Wildman–Crippen MR) is 106 cm³/mol. The zero-order valence-electron chi connectivity index (χ0n) is 15.0. The number of H-pyrrole nitrogens is 1. The molecule has 8 nitrogen and oxygen atoms in total. The van der Waals surface area contributed by atoms with E-state index in [0.29, 0.717) is 11.3 Å². The molecule has 1 aliphatic rings. The Hall–Kier alpha value is -3.04. The molecule has 0 unspecified atom stereocenters. The van der Waals surface area contributed by atoms with E-state index in [-0.39, 0.29) is 11.2 Å². The average molecular weight is 400 g/mol. The molecule has 1 aliphatic carbocycles. The Kier molecular flexibility index (Phi) is 6.17. The normalized spacial score (nSPS) is 13.0. The maximum atomic E-state index is 11.9. The molecule has 146 valence electrons. The smallest absolute Gasteiger partial charge is 0.269 e. The maximum absolute atomic E-state index is 11.9. The van der Waals surface area contributed by atoms with Crippen LogP contribution in [0.3, 0.4) is 0 Å². The van der Waals surface area contributed by atoms with Crippen molar-refractivity contribution < 1.29 is 13.0 Å². The van der Waals surface area contributed by atoms with Crippen molar-refractivity contribution in [3.63, 3.8) is 0 Å². The first-order chi connectivity index (χ1) is 13.4. The van der Waals surface area contributed by atoms with Crippen LogP contribution in [0.4, 0.5) is 5.69 Å². The third-order valence-electron chi connectivity index (χ3n) is 4.25. The summed E-state index contributed by atoms with van der Waals surface area (Å²) in [6.07, 6.45) is 6.97. The quantitative estimate of drug-likeness (QED) is 0.580. The third-order valence-corrected chi connectivity index (χ3v) is 4.74. The largest absolute Gasteiger partial charge is 0.357 e. The molecule has 0 bridgehead atoms. The third kappa shape index (κ3) is 5.24. The number of pyridine rings is 1. The topological polar surface area (TPSA) is 125 Å². The van der Waals surface area contributed by atoms with Crippen LogP contribution < -0.4 is 10.3 Å². The fraction of sp³-hybridized carbons (Fsp3) is 0.211. The molecule has 28 heavy (non-hydrogen) atoms. The molecular weight excluding hydrogens is 380 g/mol. The molecule has 4 rings (SSSR count). The number of hydrogen-bond acceptors (Lipinski definition) is 5. The van der Waals surface area contributed by atoms with Crippen LogP contribution in [0, 0.1) is 0 Å². The molecule has 3 N–H and O–H groups in total. The minimum absolute atomic E-state index is 0.161. The second-order valence-corrected chi connectivity index (χ2v) is 7.40. The van der Waals surface area contributed by atoms with Gasteiger partial charge in [0.2, 0.25) is 0 Å². The number of nitrogens with zero attached hydrogens (tertiary/aromatic N) is 2. The lowest BCUT2D eigenvalue weighted by Gasteiger charge is -2.17. The first-order valence-corrected chi connectivity index (χ1v) is 10.2. The number of hydrogen-bond donors (Lipinski definition) is 3. The van der Waals surface area contributed by atoms with Gasteiger partial charge in [0.1, 0.15) is 0 Å². The van der Waals surface area contributed by atoms with Crippen molar-refractivity contribution in [3.05, 3.63) is 76.3 Å². The van der Waals surface area contributed by atoms with Gasteiger partial charge >= 0.3 is 10.3 Å². The lowest BCUT2D eigenvalue weighted by molar-refractivity contribution is 0.489. The standard InChI is InChI=1S/C14H15N3O4S.C5H5N/c18-14-12-7-2-1-6-11(12)13(15-16-14)9-4-3-5-10(8-9)17-22(19,20)21;1-2-4-6-5-3-1/h3-5,8,17H,1-2,6-7H2,(H,16,18)(H,19,20,21);1-5H. The lowest BCUT2D eigenvalue weighted by atomic mass is 9.90. The molecule has 0 atom stereocenters. The molecular formula is C19H20N4O4S. The van der Waals surface area contributed by atoms with Crippen LogP contribution in [0.1, 0.15) is 24.0 Å². The van der Waals surface area contributed by atoms with E-state index in [1.807, 2.05) is 22.9 Å². The molecule has 0 radical (unpaired) electrons. The van der Waals surface area contributed by atoms with Gasteiger partial charge < -0.3 is 0 Å². The summed E-state index contributed by atoms with van der Waals surface area (Å²) < 4.78 is 32.7. The van der Waals surface area contributed by atoms with E-state index < -0.39 is 10.3 Å². The van der Waals surface area contributed by atoms with Gasteiger partial charge in [0.25, 0.3) is 5.56 Å². The van der Waals surface area contributed by atoms with Crippen LogP contribution in [0.25, 0.3) is 11.3 Å². The second-order valence-electron chi connectivity index (χ2n) is 6.25. The van der Waals surface area contributed by atoms with Crippen LogP contribution in [-0.4, -0.2) is 28.2 Å². The minimum atomic E-state index is -4.33. The number of nitrogens with one attached hydrogen (secondary N) is 2. The van der Waals surface area contributed by atoms with Crippen LogP contribution >= 0.6 is 0 Å². The van der Waals surface area contributed by atoms with Gasteiger partial charge in [-0.1, -0.05) is 18.2 Å². The number of anilines is 1. The Morgan fingerprint density at radius 3 is 2.32 bits per heavy atom. The first-order valence-electron chi connectivity index (χ1n) is 8.75. The van der Waals surface area contributed by atoms with Crippen molar-refractivity contribution in [3.8, 4) is 11.3 Å². The Labute approximate surface area is 162 Å². The molecule has 1 aromatic carbocycles. The van der Waals surface area contributed by atoms with Crippen molar-refractivity contribution in [2.75, 3.05) is 4.72 Å². The van der Waals surface area contributed by atoms with Crippen molar-refractivity contribution in [2.45, 2.75) is 25.7 Å². The SMILES string of the molecule is O=c1[nH]nc(-c2cccc(NS(=O)(=O)O)c2)c2c1CCCC2.c1ccncc1. The number of rotatable bonds is 3. The van der Waals surface area contributed by atoms with Crippen LogP contribution in [-0.2, 0) is 23.1 Å². The summed E-state index contributed by atoms with van der Waals surface area (Å²) in [7, 11) is -4.33. The fourth-order valence-corrected chi connectivity index (χ4v) is 3.51. The van der Waals surface area contributed by atoms with Gasteiger partial charge in [-0.3, -0.25) is 19.1 Å². The highest BCUT2D eigenvalue weighted by Crippen LogP contribution is 2.29. The van der Waals surface area contributed by atoms with Crippen molar-refractivity contribution in [2.24, 2.45) is 0 Å². The first kappa shape index (κ1) is 19.7. The number of aromatic nitrogens is 3. The highest BCUT2D eigenvalue weighted by molar-refractivity contribution is 7.87. The molecule has 0 saturated heterocycles. The predicted octanol–water partition coefficient (Wildman–Crippen LogP) is 2.61. The van der Waals surface area contributed by atoms with Gasteiger partial charge in [0, 0.05) is 23.5 Å². The van der Waals surface area contributed by atoms with Gasteiger partial charge in [-0.15, -0.1) is 0 Å². The van der Waals surface area contributed by atoms with Crippen LogP contribution in [0.2, 0.25) is 0 Å². The Balaban J connectivity index is 0.000000320. The monoisotopic (exact) mass is 400 g/mol. The zero-order valence-corrected chi connectivity index (χ0v) is 15.8. The Morgan fingerprint density at radius 2 is 1.71 bits per heavy atom. The van der Waals surface area contributed by atoms with Crippen LogP contribution in [0.5, 0.6) is 0 Å². The summed E-state index contributed by atoms with van der Waals surface area (Å²) in [5, 5.41) is 6.62. The van der Waals surface area contributed by atoms with Gasteiger partial charge in [-0.2, -0.15) is 13.5 Å². The van der Waals surface area contributed by atoms with Gasteiger partial charge in [-0.05, 0) is 55.5 Å². The van der Waals surface area contributed by atoms with E-state index >= 15 is 0 Å². The highest BCUT2D eigenvalue weighted by Gasteiger charge is 2.19. The Morgan fingerprint density at radius 1 is 1.00 bits per heavy atom. The van der Waals surface area contributed by atoms with Crippen LogP contribution in [0.15, 0.2) is 59.7 Å². The summed E-state index contributed by atoms with van der Waals surface area (Å²) in [6.45, 7) is 0. The molecule has 0 spiro atoms. The molecule has 3 aromatic rings. The minimum Gasteiger partial charge on any atom is -0.269 e. The van der Waals surface area contributed by atoms with E-state index in [4.69, 9.17) is 4.55 Å². The molecule has 9 heteroatoms. The second kappa shape index (κ2) is 8.77. The zero-order chi connectivity index (χ0) is 20.0.